The topological polar surface area (TPSA) is 60.3 Å². The van der Waals surface area contributed by atoms with Crippen molar-refractivity contribution in [1.29, 1.82) is 0 Å². The zero-order valence-corrected chi connectivity index (χ0v) is 12.0. The summed E-state index contributed by atoms with van der Waals surface area (Å²) < 4.78 is 16.7. The van der Waals surface area contributed by atoms with Gasteiger partial charge in [0, 0.05) is 12.2 Å². The van der Waals surface area contributed by atoms with E-state index in [0.29, 0.717) is 23.8 Å². The van der Waals surface area contributed by atoms with Crippen LogP contribution in [0, 0.1) is 0 Å². The van der Waals surface area contributed by atoms with Gasteiger partial charge in [-0.3, -0.25) is 0 Å². The van der Waals surface area contributed by atoms with Crippen LogP contribution in [-0.2, 0) is 4.74 Å². The van der Waals surface area contributed by atoms with Crippen LogP contribution < -0.4 is 9.47 Å². The zero-order valence-electron chi connectivity index (χ0n) is 12.0. The second-order valence-electron chi connectivity index (χ2n) is 4.85. The Labute approximate surface area is 119 Å². The molecule has 1 aliphatic rings. The van der Waals surface area contributed by atoms with Crippen LogP contribution >= 0.6 is 0 Å². The number of ether oxygens (including phenoxy) is 3. The molecule has 0 amide bonds. The average Bonchev–Trinajstić information content (AvgIpc) is 2.53. The third-order valence-corrected chi connectivity index (χ3v) is 3.43. The van der Waals surface area contributed by atoms with Crippen molar-refractivity contribution in [2.45, 2.75) is 32.3 Å². The maximum Gasteiger partial charge on any atom is 0.161 e. The molecule has 1 aromatic carbocycles. The third kappa shape index (κ3) is 3.63. The minimum atomic E-state index is 0.161. The van der Waals surface area contributed by atoms with Crippen LogP contribution in [0.3, 0.4) is 0 Å². The van der Waals surface area contributed by atoms with Crippen molar-refractivity contribution < 1.29 is 19.4 Å². The Morgan fingerprint density at radius 2 is 2.25 bits per heavy atom. The first-order valence-electron chi connectivity index (χ1n) is 6.86. The van der Waals surface area contributed by atoms with E-state index in [4.69, 9.17) is 19.4 Å². The van der Waals surface area contributed by atoms with Crippen molar-refractivity contribution in [3.63, 3.8) is 0 Å². The Hall–Kier alpha value is -1.75. The molecule has 0 aromatic heterocycles. The Balaban J connectivity index is 2.03. The van der Waals surface area contributed by atoms with Gasteiger partial charge in [0.15, 0.2) is 11.5 Å². The van der Waals surface area contributed by atoms with Gasteiger partial charge in [0.2, 0.25) is 0 Å². The quantitative estimate of drug-likeness (QED) is 0.511. The van der Waals surface area contributed by atoms with Gasteiger partial charge in [-0.05, 0) is 44.4 Å². The molecule has 20 heavy (non-hydrogen) atoms. The monoisotopic (exact) mass is 279 g/mol. The second-order valence-corrected chi connectivity index (χ2v) is 4.85. The first-order valence-corrected chi connectivity index (χ1v) is 6.86. The maximum absolute atomic E-state index is 8.79. The van der Waals surface area contributed by atoms with Crippen LogP contribution in [0.1, 0.15) is 31.7 Å². The fourth-order valence-electron chi connectivity index (χ4n) is 2.19. The van der Waals surface area contributed by atoms with Gasteiger partial charge in [-0.15, -0.1) is 0 Å². The van der Waals surface area contributed by atoms with Crippen molar-refractivity contribution in [2.75, 3.05) is 20.3 Å². The molecule has 0 aliphatic carbocycles. The molecule has 1 N–H and O–H groups in total. The summed E-state index contributed by atoms with van der Waals surface area (Å²) >= 11 is 0. The first kappa shape index (κ1) is 14.7. The molecule has 0 bridgehead atoms. The lowest BCUT2D eigenvalue weighted by Gasteiger charge is -2.23. The first-order chi connectivity index (χ1) is 9.74. The lowest BCUT2D eigenvalue weighted by atomic mass is 10.1. The molecule has 1 fully saturated rings. The standard InChI is InChI=1S/C15H21NO4/c1-11(16-17)12-6-7-14(15(9-12)18-2)20-10-13-5-3-4-8-19-13/h6-7,9,13,17H,3-5,8,10H2,1-2H3/b16-11+. The zero-order chi connectivity index (χ0) is 14.4. The van der Waals surface area contributed by atoms with E-state index >= 15 is 0 Å². The molecule has 1 atom stereocenters. The van der Waals surface area contributed by atoms with Crippen molar-refractivity contribution in [3.8, 4) is 11.5 Å². The van der Waals surface area contributed by atoms with Crippen molar-refractivity contribution >= 4 is 5.71 Å². The Kier molecular flexibility index (Phi) is 5.24. The van der Waals surface area contributed by atoms with Gasteiger partial charge in [-0.1, -0.05) is 5.16 Å². The molecular formula is C15H21NO4. The molecule has 5 nitrogen and oxygen atoms in total. The fourth-order valence-corrected chi connectivity index (χ4v) is 2.19. The molecular weight excluding hydrogens is 258 g/mol. The predicted molar refractivity (Wildman–Crippen MR) is 76.1 cm³/mol. The summed E-state index contributed by atoms with van der Waals surface area (Å²) in [5.74, 6) is 1.30. The van der Waals surface area contributed by atoms with Crippen LogP contribution in [-0.4, -0.2) is 37.3 Å². The van der Waals surface area contributed by atoms with E-state index in [-0.39, 0.29) is 6.10 Å². The van der Waals surface area contributed by atoms with Crippen LogP contribution in [0.5, 0.6) is 11.5 Å². The number of rotatable bonds is 5. The van der Waals surface area contributed by atoms with Gasteiger partial charge in [-0.25, -0.2) is 0 Å². The van der Waals surface area contributed by atoms with Gasteiger partial charge in [-0.2, -0.15) is 0 Å². The molecule has 0 spiro atoms. The average molecular weight is 279 g/mol. The SMILES string of the molecule is COc1cc(/C(C)=N/O)ccc1OCC1CCCCO1. The largest absolute Gasteiger partial charge is 0.493 e. The molecule has 1 unspecified atom stereocenters. The summed E-state index contributed by atoms with van der Waals surface area (Å²) in [5.41, 5.74) is 1.33. The van der Waals surface area contributed by atoms with Crippen molar-refractivity contribution in [2.24, 2.45) is 5.16 Å². The van der Waals surface area contributed by atoms with Crippen LogP contribution in [0.4, 0.5) is 0 Å². The summed E-state index contributed by atoms with van der Waals surface area (Å²) in [7, 11) is 1.59. The highest BCUT2D eigenvalue weighted by Gasteiger charge is 2.16. The molecule has 1 aromatic rings. The van der Waals surface area contributed by atoms with Crippen LogP contribution in [0.25, 0.3) is 0 Å². The number of methoxy groups -OCH3 is 1. The second kappa shape index (κ2) is 7.14. The highest BCUT2D eigenvalue weighted by molar-refractivity contribution is 5.98. The van der Waals surface area contributed by atoms with E-state index in [9.17, 15) is 0 Å². The Morgan fingerprint density at radius 1 is 1.40 bits per heavy atom. The summed E-state index contributed by atoms with van der Waals surface area (Å²) in [6.07, 6.45) is 3.52. The molecule has 1 aliphatic heterocycles. The van der Waals surface area contributed by atoms with E-state index in [1.165, 1.54) is 6.42 Å². The number of hydrogen-bond acceptors (Lipinski definition) is 5. The summed E-state index contributed by atoms with van der Waals surface area (Å²) in [6.45, 7) is 3.07. The number of nitrogens with zero attached hydrogens (tertiary/aromatic N) is 1. The van der Waals surface area contributed by atoms with E-state index < -0.39 is 0 Å². The Morgan fingerprint density at radius 3 is 2.90 bits per heavy atom. The molecule has 5 heteroatoms. The van der Waals surface area contributed by atoms with E-state index in [2.05, 4.69) is 5.16 Å². The van der Waals surface area contributed by atoms with Crippen molar-refractivity contribution in [3.05, 3.63) is 23.8 Å². The Bertz CT molecular complexity index is 467. The van der Waals surface area contributed by atoms with Crippen LogP contribution in [0.15, 0.2) is 23.4 Å². The molecule has 0 radical (unpaired) electrons. The number of hydrogen-bond donors (Lipinski definition) is 1. The van der Waals surface area contributed by atoms with E-state index in [0.717, 1.165) is 25.0 Å². The van der Waals surface area contributed by atoms with Gasteiger partial charge in [0.05, 0.1) is 18.9 Å². The van der Waals surface area contributed by atoms with Gasteiger partial charge >= 0.3 is 0 Å². The molecule has 1 heterocycles. The summed E-state index contributed by atoms with van der Waals surface area (Å²) in [6, 6.07) is 5.46. The smallest absolute Gasteiger partial charge is 0.161 e. The lowest BCUT2D eigenvalue weighted by molar-refractivity contribution is -0.0114. The highest BCUT2D eigenvalue weighted by Crippen LogP contribution is 2.29. The van der Waals surface area contributed by atoms with E-state index in [1.807, 2.05) is 12.1 Å². The minimum Gasteiger partial charge on any atom is -0.493 e. The fraction of sp³-hybridized carbons (Fsp3) is 0.533. The molecule has 110 valence electrons. The molecule has 1 saturated heterocycles. The molecule has 2 rings (SSSR count). The van der Waals surface area contributed by atoms with Gasteiger partial charge < -0.3 is 19.4 Å². The van der Waals surface area contributed by atoms with Crippen molar-refractivity contribution in [1.82, 2.24) is 0 Å². The predicted octanol–water partition coefficient (Wildman–Crippen LogP) is 2.84. The maximum atomic E-state index is 8.79. The normalized spacial score (nSPS) is 19.7. The third-order valence-electron chi connectivity index (χ3n) is 3.43. The lowest BCUT2D eigenvalue weighted by Crippen LogP contribution is -2.25. The highest BCUT2D eigenvalue weighted by atomic mass is 16.5. The molecule has 0 saturated carbocycles. The summed E-state index contributed by atoms with van der Waals surface area (Å²) in [4.78, 5) is 0. The van der Waals surface area contributed by atoms with E-state index in [1.54, 1.807) is 20.1 Å². The summed E-state index contributed by atoms with van der Waals surface area (Å²) in [5, 5.41) is 12.0. The van der Waals surface area contributed by atoms with Gasteiger partial charge in [0.1, 0.15) is 6.61 Å². The number of benzene rings is 1. The van der Waals surface area contributed by atoms with Gasteiger partial charge in [0.25, 0.3) is 0 Å². The van der Waals surface area contributed by atoms with Crippen LogP contribution in [0.2, 0.25) is 0 Å². The number of oxime groups is 1. The minimum absolute atomic E-state index is 0.161.